The number of benzene rings is 2. The molecule has 1 unspecified atom stereocenters. The maximum absolute atomic E-state index is 13.5. The van der Waals surface area contributed by atoms with Gasteiger partial charge in [-0.3, -0.25) is 9.00 Å². The minimum Gasteiger partial charge on any atom is -0.454 e. The van der Waals surface area contributed by atoms with Gasteiger partial charge in [0.25, 0.3) is 0 Å². The van der Waals surface area contributed by atoms with Gasteiger partial charge in [-0.25, -0.2) is 4.39 Å². The van der Waals surface area contributed by atoms with Crippen LogP contribution in [-0.2, 0) is 10.8 Å². The highest BCUT2D eigenvalue weighted by atomic mass is 32.2. The monoisotopic (exact) mass is 341 g/mol. The molecule has 2 aromatic heterocycles. The fraction of sp³-hybridized carbons (Fsp3) is 0.0556. The van der Waals surface area contributed by atoms with Crippen molar-refractivity contribution in [3.8, 4) is 11.1 Å². The third kappa shape index (κ3) is 2.35. The van der Waals surface area contributed by atoms with Crippen LogP contribution in [-0.4, -0.2) is 15.4 Å². The number of pyridine rings is 1. The number of H-pyrrole nitrogens is 1. The molecule has 4 aromatic rings. The number of hydrogen-bond donors (Lipinski definition) is 1. The molecule has 0 saturated heterocycles. The Balaban J connectivity index is 2.09. The van der Waals surface area contributed by atoms with Crippen LogP contribution in [0.15, 0.2) is 62.6 Å². The van der Waals surface area contributed by atoms with Crippen LogP contribution in [0.25, 0.3) is 33.2 Å². The number of aromatic amines is 1. The highest BCUT2D eigenvalue weighted by Crippen LogP contribution is 2.34. The first-order valence-electron chi connectivity index (χ1n) is 7.22. The Morgan fingerprint density at radius 1 is 1.12 bits per heavy atom. The van der Waals surface area contributed by atoms with Crippen molar-refractivity contribution < 1.29 is 13.0 Å². The van der Waals surface area contributed by atoms with E-state index in [4.69, 9.17) is 4.42 Å². The van der Waals surface area contributed by atoms with E-state index < -0.39 is 16.6 Å². The first kappa shape index (κ1) is 14.8. The summed E-state index contributed by atoms with van der Waals surface area (Å²) in [6.45, 7) is 0. The minimum atomic E-state index is -1.14. The zero-order chi connectivity index (χ0) is 16.8. The van der Waals surface area contributed by atoms with E-state index in [1.54, 1.807) is 24.5 Å². The summed E-state index contributed by atoms with van der Waals surface area (Å²) in [4.78, 5) is 15.4. The molecule has 24 heavy (non-hydrogen) atoms. The molecule has 2 aromatic carbocycles. The van der Waals surface area contributed by atoms with Crippen LogP contribution in [0.2, 0.25) is 0 Å². The molecule has 6 heteroatoms. The lowest BCUT2D eigenvalue weighted by molar-refractivity contribution is 0.626. The molecule has 120 valence electrons. The number of aromatic nitrogens is 1. The first-order valence-corrected chi connectivity index (χ1v) is 8.78. The number of furan rings is 1. The predicted molar refractivity (Wildman–Crippen MR) is 92.1 cm³/mol. The molecule has 2 heterocycles. The number of nitrogens with one attached hydrogen (secondary N) is 1. The fourth-order valence-electron chi connectivity index (χ4n) is 2.80. The van der Waals surface area contributed by atoms with Crippen molar-refractivity contribution in [1.29, 1.82) is 0 Å². The Labute approximate surface area is 138 Å². The zero-order valence-corrected chi connectivity index (χ0v) is 13.4. The maximum atomic E-state index is 13.5. The van der Waals surface area contributed by atoms with E-state index in [9.17, 15) is 13.4 Å². The lowest BCUT2D eigenvalue weighted by atomic mass is 10.1. The molecule has 0 saturated carbocycles. The van der Waals surface area contributed by atoms with Gasteiger partial charge in [0.1, 0.15) is 11.4 Å². The highest BCUT2D eigenvalue weighted by molar-refractivity contribution is 7.84. The van der Waals surface area contributed by atoms with Gasteiger partial charge in [-0.1, -0.05) is 12.1 Å². The smallest absolute Gasteiger partial charge is 0.249 e. The van der Waals surface area contributed by atoms with Crippen LogP contribution in [0, 0.1) is 5.82 Å². The molecule has 0 amide bonds. The van der Waals surface area contributed by atoms with Gasteiger partial charge in [-0.05, 0) is 35.9 Å². The summed E-state index contributed by atoms with van der Waals surface area (Å²) >= 11 is 0. The molecule has 0 spiro atoms. The molecule has 4 rings (SSSR count). The van der Waals surface area contributed by atoms with E-state index in [-0.39, 0.29) is 5.56 Å². The van der Waals surface area contributed by atoms with Crippen molar-refractivity contribution in [2.75, 3.05) is 6.26 Å². The normalized spacial score (nSPS) is 12.8. The summed E-state index contributed by atoms with van der Waals surface area (Å²) in [7, 11) is -1.14. The average Bonchev–Trinajstić information content (AvgIpc) is 2.92. The summed E-state index contributed by atoms with van der Waals surface area (Å²) in [5, 5.41) is 0.513. The Hall–Kier alpha value is -2.73. The summed E-state index contributed by atoms with van der Waals surface area (Å²) in [6.07, 6.45) is 1.59. The van der Waals surface area contributed by atoms with Gasteiger partial charge in [-0.2, -0.15) is 0 Å². The molecule has 4 nitrogen and oxygen atoms in total. The fourth-order valence-corrected chi connectivity index (χ4v) is 3.36. The van der Waals surface area contributed by atoms with Gasteiger partial charge in [0, 0.05) is 39.0 Å². The van der Waals surface area contributed by atoms with Gasteiger partial charge < -0.3 is 9.40 Å². The van der Waals surface area contributed by atoms with Crippen molar-refractivity contribution in [2.45, 2.75) is 4.90 Å². The van der Waals surface area contributed by atoms with Crippen LogP contribution in [0.3, 0.4) is 0 Å². The van der Waals surface area contributed by atoms with Gasteiger partial charge in [0.15, 0.2) is 5.58 Å². The van der Waals surface area contributed by atoms with Crippen LogP contribution < -0.4 is 5.56 Å². The second kappa shape index (κ2) is 5.42. The lowest BCUT2D eigenvalue weighted by Gasteiger charge is -2.04. The molecule has 0 aliphatic rings. The summed E-state index contributed by atoms with van der Waals surface area (Å²) < 4.78 is 31.1. The second-order valence-corrected chi connectivity index (χ2v) is 6.86. The molecule has 0 radical (unpaired) electrons. The van der Waals surface area contributed by atoms with Crippen LogP contribution in [0.1, 0.15) is 0 Å². The standard InChI is InChI=1S/C18H12FNO3S/c1-24(22)12-4-2-3-10(7-12)13-9-16(21)20-17-14-8-11(19)5-6-15(14)23-18(13)17/h2-9H,1H3,(H,20,21). The van der Waals surface area contributed by atoms with Gasteiger partial charge in [-0.15, -0.1) is 0 Å². The number of fused-ring (bicyclic) bond motifs is 3. The first-order chi connectivity index (χ1) is 11.5. The quantitative estimate of drug-likeness (QED) is 0.603. The van der Waals surface area contributed by atoms with E-state index in [1.807, 2.05) is 6.07 Å². The van der Waals surface area contributed by atoms with Crippen LogP contribution in [0.5, 0.6) is 0 Å². The van der Waals surface area contributed by atoms with Gasteiger partial charge in [0.2, 0.25) is 5.56 Å². The van der Waals surface area contributed by atoms with Crippen molar-refractivity contribution in [2.24, 2.45) is 0 Å². The van der Waals surface area contributed by atoms with E-state index >= 15 is 0 Å². The van der Waals surface area contributed by atoms with Gasteiger partial charge >= 0.3 is 0 Å². The molecular weight excluding hydrogens is 329 g/mol. The van der Waals surface area contributed by atoms with Crippen molar-refractivity contribution in [3.05, 3.63) is 64.7 Å². The summed E-state index contributed by atoms with van der Waals surface area (Å²) in [6, 6.07) is 12.7. The van der Waals surface area contributed by atoms with Crippen molar-refractivity contribution >= 4 is 32.9 Å². The van der Waals surface area contributed by atoms with Crippen LogP contribution >= 0.6 is 0 Å². The highest BCUT2D eigenvalue weighted by Gasteiger charge is 2.15. The molecule has 0 aliphatic heterocycles. The SMILES string of the molecule is CS(=O)c1cccc(-c2cc(=O)[nH]c3c2oc2ccc(F)cc23)c1. The third-order valence-corrected chi connectivity index (χ3v) is 4.81. The van der Waals surface area contributed by atoms with E-state index in [2.05, 4.69) is 4.98 Å². The molecule has 0 aliphatic carbocycles. The Kier molecular flexibility index (Phi) is 3.35. The summed E-state index contributed by atoms with van der Waals surface area (Å²) in [5.74, 6) is -0.403. The maximum Gasteiger partial charge on any atom is 0.249 e. The number of hydrogen-bond acceptors (Lipinski definition) is 3. The van der Waals surface area contributed by atoms with Crippen LogP contribution in [0.4, 0.5) is 4.39 Å². The molecule has 0 fully saturated rings. The zero-order valence-electron chi connectivity index (χ0n) is 12.6. The topological polar surface area (TPSA) is 63.1 Å². The van der Waals surface area contributed by atoms with E-state index in [0.717, 1.165) is 5.56 Å². The third-order valence-electron chi connectivity index (χ3n) is 3.90. The molecule has 1 atom stereocenters. The van der Waals surface area contributed by atoms with Gasteiger partial charge in [0.05, 0.1) is 5.52 Å². The molecular formula is C18H12FNO3S. The minimum absolute atomic E-state index is 0.313. The Morgan fingerprint density at radius 3 is 2.75 bits per heavy atom. The molecule has 1 N–H and O–H groups in total. The second-order valence-electron chi connectivity index (χ2n) is 5.48. The van der Waals surface area contributed by atoms with E-state index in [1.165, 1.54) is 24.3 Å². The number of rotatable bonds is 2. The summed E-state index contributed by atoms with van der Waals surface area (Å²) in [5.41, 5.74) is 2.40. The van der Waals surface area contributed by atoms with E-state index in [0.29, 0.717) is 32.5 Å². The molecule has 0 bridgehead atoms. The predicted octanol–water partition coefficient (Wildman–Crippen LogP) is 3.82. The Bertz CT molecular complexity index is 1180. The lowest BCUT2D eigenvalue weighted by Crippen LogP contribution is -2.04. The average molecular weight is 341 g/mol. The number of halogens is 1. The van der Waals surface area contributed by atoms with Crippen molar-refractivity contribution in [1.82, 2.24) is 4.98 Å². The largest absolute Gasteiger partial charge is 0.454 e. The Morgan fingerprint density at radius 2 is 1.96 bits per heavy atom. The van der Waals surface area contributed by atoms with Crippen molar-refractivity contribution in [3.63, 3.8) is 0 Å².